The highest BCUT2D eigenvalue weighted by Gasteiger charge is 2.19. The number of aldehydes is 1. The molecule has 2 heterocycles. The second kappa shape index (κ2) is 8.19. The van der Waals surface area contributed by atoms with Crippen LogP contribution in [-0.4, -0.2) is 21.1 Å². The van der Waals surface area contributed by atoms with E-state index in [0.717, 1.165) is 52.5 Å². The number of carbonyl (C=O) groups is 1. The van der Waals surface area contributed by atoms with Gasteiger partial charge in [-0.2, -0.15) is 5.10 Å². The zero-order valence-electron chi connectivity index (χ0n) is 16.0. The van der Waals surface area contributed by atoms with Crippen molar-refractivity contribution in [2.24, 2.45) is 0 Å². The number of nitrogens with zero attached hydrogens (tertiary/aromatic N) is 3. The summed E-state index contributed by atoms with van der Waals surface area (Å²) in [7, 11) is 0. The molecule has 0 aliphatic carbocycles. The number of aromatic nitrogens is 3. The summed E-state index contributed by atoms with van der Waals surface area (Å²) in [5.41, 5.74) is 4.18. The van der Waals surface area contributed by atoms with Gasteiger partial charge in [-0.1, -0.05) is 31.5 Å². The first kappa shape index (κ1) is 18.7. The second-order valence-electron chi connectivity index (χ2n) is 6.74. The molecule has 0 saturated heterocycles. The number of allylic oxidation sites excluding steroid dienone is 1. The maximum Gasteiger partial charge on any atom is 0.154 e. The van der Waals surface area contributed by atoms with E-state index in [1.807, 2.05) is 36.4 Å². The molecule has 5 heteroatoms. The van der Waals surface area contributed by atoms with Gasteiger partial charge in [0.1, 0.15) is 12.1 Å². The van der Waals surface area contributed by atoms with Gasteiger partial charge in [-0.3, -0.25) is 4.79 Å². The van der Waals surface area contributed by atoms with Crippen LogP contribution in [0.25, 0.3) is 34.1 Å². The van der Waals surface area contributed by atoms with Crippen LogP contribution in [0.15, 0.2) is 66.7 Å². The van der Waals surface area contributed by atoms with E-state index in [0.29, 0.717) is 5.82 Å². The third-order valence-corrected chi connectivity index (χ3v) is 4.75. The van der Waals surface area contributed by atoms with Gasteiger partial charge in [0.2, 0.25) is 0 Å². The summed E-state index contributed by atoms with van der Waals surface area (Å²) >= 11 is 0. The molecule has 29 heavy (non-hydrogen) atoms. The van der Waals surface area contributed by atoms with Crippen molar-refractivity contribution >= 4 is 23.3 Å². The van der Waals surface area contributed by atoms with Crippen molar-refractivity contribution in [3.05, 3.63) is 83.8 Å². The van der Waals surface area contributed by atoms with Crippen LogP contribution in [0.4, 0.5) is 4.39 Å². The highest BCUT2D eigenvalue weighted by atomic mass is 19.1. The molecule has 0 aliphatic rings. The highest BCUT2D eigenvalue weighted by molar-refractivity contribution is 5.82. The van der Waals surface area contributed by atoms with Crippen LogP contribution in [0.2, 0.25) is 0 Å². The Morgan fingerprint density at radius 2 is 1.83 bits per heavy atom. The summed E-state index contributed by atoms with van der Waals surface area (Å²) in [4.78, 5) is 15.8. The number of hydrogen-bond acceptors (Lipinski definition) is 3. The Morgan fingerprint density at radius 3 is 2.59 bits per heavy atom. The zero-order chi connectivity index (χ0) is 20.2. The zero-order valence-corrected chi connectivity index (χ0v) is 16.0. The van der Waals surface area contributed by atoms with E-state index in [2.05, 4.69) is 6.92 Å². The van der Waals surface area contributed by atoms with E-state index in [9.17, 15) is 9.18 Å². The average molecular weight is 385 g/mol. The second-order valence-corrected chi connectivity index (χ2v) is 6.74. The van der Waals surface area contributed by atoms with Gasteiger partial charge in [-0.15, -0.1) is 0 Å². The largest absolute Gasteiger partial charge is 0.299 e. The summed E-state index contributed by atoms with van der Waals surface area (Å²) in [5, 5.41) is 5.87. The quantitative estimate of drug-likeness (QED) is 0.330. The highest BCUT2D eigenvalue weighted by Crippen LogP contribution is 2.31. The fourth-order valence-electron chi connectivity index (χ4n) is 3.43. The van der Waals surface area contributed by atoms with Crippen LogP contribution in [-0.2, 0) is 11.2 Å². The molecule has 2 aromatic heterocycles. The van der Waals surface area contributed by atoms with E-state index in [4.69, 9.17) is 10.1 Å². The van der Waals surface area contributed by atoms with Gasteiger partial charge in [0.15, 0.2) is 5.82 Å². The van der Waals surface area contributed by atoms with Gasteiger partial charge in [0.05, 0.1) is 16.9 Å². The molecule has 0 atom stereocenters. The van der Waals surface area contributed by atoms with Crippen LogP contribution in [0.5, 0.6) is 0 Å². The van der Waals surface area contributed by atoms with Crippen LogP contribution >= 0.6 is 0 Å². The third-order valence-electron chi connectivity index (χ3n) is 4.75. The lowest BCUT2D eigenvalue weighted by Gasteiger charge is -2.09. The molecule has 0 N–H and O–H groups in total. The molecule has 0 spiro atoms. The van der Waals surface area contributed by atoms with E-state index in [1.165, 1.54) is 18.2 Å². The Hall–Kier alpha value is -3.60. The van der Waals surface area contributed by atoms with Crippen molar-refractivity contribution in [3.63, 3.8) is 0 Å². The van der Waals surface area contributed by atoms with E-state index in [1.54, 1.807) is 22.9 Å². The molecule has 2 aromatic carbocycles. The molecule has 0 unspecified atom stereocenters. The molecule has 4 nitrogen and oxygen atoms in total. The van der Waals surface area contributed by atoms with Crippen molar-refractivity contribution in [2.75, 3.05) is 0 Å². The lowest BCUT2D eigenvalue weighted by atomic mass is 10.0. The Balaban J connectivity index is 1.99. The number of fused-ring (bicyclic) bond motifs is 1. The molecule has 0 bridgehead atoms. The van der Waals surface area contributed by atoms with Crippen LogP contribution in [0.3, 0.4) is 0 Å². The Kier molecular flexibility index (Phi) is 5.29. The van der Waals surface area contributed by atoms with Crippen molar-refractivity contribution in [2.45, 2.75) is 19.8 Å². The summed E-state index contributed by atoms with van der Waals surface area (Å²) < 4.78 is 15.3. The van der Waals surface area contributed by atoms with Gasteiger partial charge in [-0.25, -0.2) is 14.1 Å². The Bertz CT molecular complexity index is 1190. The summed E-state index contributed by atoms with van der Waals surface area (Å²) in [5.74, 6) is 0.369. The molecule has 0 aliphatic heterocycles. The molecular weight excluding hydrogens is 365 g/mol. The topological polar surface area (TPSA) is 47.8 Å². The van der Waals surface area contributed by atoms with Crippen molar-refractivity contribution < 1.29 is 9.18 Å². The number of pyridine rings is 1. The molecule has 0 fully saturated rings. The van der Waals surface area contributed by atoms with Crippen molar-refractivity contribution in [1.29, 1.82) is 0 Å². The Labute approximate surface area is 168 Å². The fraction of sp³-hybridized carbons (Fsp3) is 0.125. The van der Waals surface area contributed by atoms with E-state index >= 15 is 0 Å². The SMILES string of the molecule is CCCc1nn(-c2ccc3ccccc3n2)c(-c2ccc(F)cc2)c1/C=C/C=O. The molecule has 0 radical (unpaired) electrons. The molecule has 4 rings (SSSR count). The standard InChI is InChI=1S/C24H20FN3O/c1-2-6-22-20(8-5-16-29)24(18-10-13-19(25)14-11-18)28(27-22)23-15-12-17-7-3-4-9-21(17)26-23/h3-5,7-16H,2,6H2,1H3/b8-5+. The third kappa shape index (κ3) is 3.72. The number of benzene rings is 2. The number of halogens is 1. The molecular formula is C24H20FN3O. The number of rotatable bonds is 6. The van der Waals surface area contributed by atoms with Crippen molar-refractivity contribution in [1.82, 2.24) is 14.8 Å². The Morgan fingerprint density at radius 1 is 1.03 bits per heavy atom. The number of para-hydroxylation sites is 1. The molecule has 4 aromatic rings. The predicted molar refractivity (Wildman–Crippen MR) is 113 cm³/mol. The van der Waals surface area contributed by atoms with Gasteiger partial charge < -0.3 is 0 Å². The smallest absolute Gasteiger partial charge is 0.154 e. The van der Waals surface area contributed by atoms with E-state index < -0.39 is 0 Å². The first-order valence-electron chi connectivity index (χ1n) is 9.57. The first-order valence-corrected chi connectivity index (χ1v) is 9.57. The minimum atomic E-state index is -0.303. The minimum Gasteiger partial charge on any atom is -0.299 e. The van der Waals surface area contributed by atoms with Crippen LogP contribution < -0.4 is 0 Å². The van der Waals surface area contributed by atoms with Gasteiger partial charge in [0.25, 0.3) is 0 Å². The predicted octanol–water partition coefficient (Wildman–Crippen LogP) is 5.39. The number of aryl methyl sites for hydroxylation is 1. The number of hydrogen-bond donors (Lipinski definition) is 0. The first-order chi connectivity index (χ1) is 14.2. The average Bonchev–Trinajstić information content (AvgIpc) is 3.11. The minimum absolute atomic E-state index is 0.303. The summed E-state index contributed by atoms with van der Waals surface area (Å²) in [6.07, 6.45) is 5.64. The van der Waals surface area contributed by atoms with Crippen LogP contribution in [0, 0.1) is 5.82 Å². The fourth-order valence-corrected chi connectivity index (χ4v) is 3.43. The van der Waals surface area contributed by atoms with Crippen molar-refractivity contribution in [3.8, 4) is 17.1 Å². The monoisotopic (exact) mass is 385 g/mol. The van der Waals surface area contributed by atoms with Crippen LogP contribution in [0.1, 0.15) is 24.6 Å². The molecule has 0 saturated carbocycles. The number of carbonyl (C=O) groups excluding carboxylic acids is 1. The molecule has 144 valence electrons. The van der Waals surface area contributed by atoms with Gasteiger partial charge in [-0.05, 0) is 61.0 Å². The van der Waals surface area contributed by atoms with Gasteiger partial charge >= 0.3 is 0 Å². The maximum atomic E-state index is 13.5. The van der Waals surface area contributed by atoms with E-state index in [-0.39, 0.29) is 5.82 Å². The lowest BCUT2D eigenvalue weighted by molar-refractivity contribution is -0.104. The molecule has 0 amide bonds. The maximum absolute atomic E-state index is 13.5. The lowest BCUT2D eigenvalue weighted by Crippen LogP contribution is -2.03. The normalized spacial score (nSPS) is 11.4. The summed E-state index contributed by atoms with van der Waals surface area (Å²) in [6.45, 7) is 2.08. The van der Waals surface area contributed by atoms with Gasteiger partial charge in [0, 0.05) is 16.5 Å². The summed E-state index contributed by atoms with van der Waals surface area (Å²) in [6, 6.07) is 18.1.